The second-order valence-electron chi connectivity index (χ2n) is 4.07. The molecule has 1 amide bonds. The van der Waals surface area contributed by atoms with Crippen LogP contribution >= 0.6 is 0 Å². The molecule has 0 spiro atoms. The van der Waals surface area contributed by atoms with Gasteiger partial charge in [0.2, 0.25) is 0 Å². The third kappa shape index (κ3) is 2.52. The van der Waals surface area contributed by atoms with Gasteiger partial charge in [0.05, 0.1) is 34.3 Å². The number of rotatable bonds is 3. The van der Waals surface area contributed by atoms with Gasteiger partial charge in [0.1, 0.15) is 5.82 Å². The fourth-order valence-corrected chi connectivity index (χ4v) is 1.74. The number of halogens is 1. The van der Waals surface area contributed by atoms with Gasteiger partial charge in [-0.15, -0.1) is 0 Å². The number of para-hydroxylation sites is 1. The molecule has 0 unspecified atom stereocenters. The second kappa shape index (κ2) is 5.28. The zero-order valence-electron chi connectivity index (χ0n) is 10.4. The highest BCUT2D eigenvalue weighted by molar-refractivity contribution is 6.02. The van der Waals surface area contributed by atoms with Gasteiger partial charge in [0.25, 0.3) is 5.91 Å². The van der Waals surface area contributed by atoms with Crippen LogP contribution in [0.3, 0.4) is 0 Å². The third-order valence-electron chi connectivity index (χ3n) is 2.72. The Balaban J connectivity index is 2.45. The standard InChI is InChI=1S/C14H11FN4O/c15-10-6-8(7-16)4-5-12(10)19-13-9(14(18)20)2-1-3-11(13)17/h1-6,19H,17H2,(H2,18,20). The number of hydrogen-bond donors (Lipinski definition) is 3. The van der Waals surface area contributed by atoms with Crippen molar-refractivity contribution in [1.82, 2.24) is 0 Å². The molecule has 6 heteroatoms. The Hall–Kier alpha value is -3.07. The minimum absolute atomic E-state index is 0.101. The maximum atomic E-state index is 13.8. The van der Waals surface area contributed by atoms with E-state index < -0.39 is 11.7 Å². The lowest BCUT2D eigenvalue weighted by Gasteiger charge is -2.13. The first kappa shape index (κ1) is 13.4. The van der Waals surface area contributed by atoms with Crippen molar-refractivity contribution in [2.45, 2.75) is 0 Å². The van der Waals surface area contributed by atoms with Gasteiger partial charge in [-0.05, 0) is 30.3 Å². The fourth-order valence-electron chi connectivity index (χ4n) is 1.74. The first-order chi connectivity index (χ1) is 9.52. The first-order valence-corrected chi connectivity index (χ1v) is 5.68. The molecule has 100 valence electrons. The van der Waals surface area contributed by atoms with Crippen LogP contribution in [0.15, 0.2) is 36.4 Å². The Bertz CT molecular complexity index is 722. The summed E-state index contributed by atoms with van der Waals surface area (Å²) in [5.41, 5.74) is 12.0. The number of hydrogen-bond acceptors (Lipinski definition) is 4. The van der Waals surface area contributed by atoms with Crippen molar-refractivity contribution >= 4 is 23.0 Å². The zero-order valence-corrected chi connectivity index (χ0v) is 10.4. The summed E-state index contributed by atoms with van der Waals surface area (Å²) in [5, 5.41) is 11.4. The quantitative estimate of drug-likeness (QED) is 0.743. The summed E-state index contributed by atoms with van der Waals surface area (Å²) in [4.78, 5) is 11.3. The topological polar surface area (TPSA) is 105 Å². The summed E-state index contributed by atoms with van der Waals surface area (Å²) < 4.78 is 13.8. The molecule has 0 aliphatic carbocycles. The smallest absolute Gasteiger partial charge is 0.250 e. The van der Waals surface area contributed by atoms with Crippen molar-refractivity contribution < 1.29 is 9.18 Å². The van der Waals surface area contributed by atoms with E-state index in [0.29, 0.717) is 0 Å². The van der Waals surface area contributed by atoms with E-state index in [4.69, 9.17) is 16.7 Å². The lowest BCUT2D eigenvalue weighted by molar-refractivity contribution is 0.100. The summed E-state index contributed by atoms with van der Waals surface area (Å²) in [7, 11) is 0. The molecule has 0 saturated heterocycles. The Morgan fingerprint density at radius 2 is 2.05 bits per heavy atom. The van der Waals surface area contributed by atoms with Crippen LogP contribution < -0.4 is 16.8 Å². The fraction of sp³-hybridized carbons (Fsp3) is 0. The number of carbonyl (C=O) groups is 1. The Morgan fingerprint density at radius 1 is 1.30 bits per heavy atom. The van der Waals surface area contributed by atoms with Crippen LogP contribution in [-0.4, -0.2) is 5.91 Å². The molecule has 0 heterocycles. The molecule has 0 aromatic heterocycles. The number of nitrogens with zero attached hydrogens (tertiary/aromatic N) is 1. The number of carbonyl (C=O) groups excluding carboxylic acids is 1. The maximum absolute atomic E-state index is 13.8. The van der Waals surface area contributed by atoms with Crippen LogP contribution in [0.25, 0.3) is 0 Å². The van der Waals surface area contributed by atoms with Crippen molar-refractivity contribution in [3.63, 3.8) is 0 Å². The van der Waals surface area contributed by atoms with E-state index in [0.717, 1.165) is 6.07 Å². The number of nitriles is 1. The molecule has 0 aliphatic rings. The molecule has 5 N–H and O–H groups in total. The van der Waals surface area contributed by atoms with Gasteiger partial charge in [0, 0.05) is 0 Å². The lowest BCUT2D eigenvalue weighted by atomic mass is 10.1. The molecule has 20 heavy (non-hydrogen) atoms. The summed E-state index contributed by atoms with van der Waals surface area (Å²) in [6.45, 7) is 0. The zero-order chi connectivity index (χ0) is 14.7. The molecule has 0 atom stereocenters. The molecule has 0 saturated carbocycles. The highest BCUT2D eigenvalue weighted by Gasteiger charge is 2.13. The predicted octanol–water partition coefficient (Wildman–Crippen LogP) is 2.12. The largest absolute Gasteiger partial charge is 0.397 e. The Kier molecular flexibility index (Phi) is 3.53. The third-order valence-corrected chi connectivity index (χ3v) is 2.72. The highest BCUT2D eigenvalue weighted by atomic mass is 19.1. The number of amides is 1. The van der Waals surface area contributed by atoms with Crippen molar-refractivity contribution in [3.05, 3.63) is 53.3 Å². The summed E-state index contributed by atoms with van der Waals surface area (Å²) in [6, 6.07) is 10.4. The van der Waals surface area contributed by atoms with Gasteiger partial charge in [-0.1, -0.05) is 6.07 Å². The SMILES string of the molecule is N#Cc1ccc(Nc2c(N)cccc2C(N)=O)c(F)c1. The number of nitrogen functional groups attached to an aromatic ring is 1. The molecule has 0 radical (unpaired) electrons. The van der Waals surface area contributed by atoms with Crippen molar-refractivity contribution in [2.75, 3.05) is 11.1 Å². The molecule has 2 aromatic carbocycles. The maximum Gasteiger partial charge on any atom is 0.250 e. The molecule has 0 aliphatic heterocycles. The van der Waals surface area contributed by atoms with E-state index in [1.807, 2.05) is 6.07 Å². The Labute approximate surface area is 114 Å². The first-order valence-electron chi connectivity index (χ1n) is 5.68. The van der Waals surface area contributed by atoms with E-state index in [-0.39, 0.29) is 28.2 Å². The summed E-state index contributed by atoms with van der Waals surface area (Å²) in [6.07, 6.45) is 0. The molecule has 0 bridgehead atoms. The molecule has 0 fully saturated rings. The van der Waals surface area contributed by atoms with Gasteiger partial charge in [0.15, 0.2) is 0 Å². The van der Waals surface area contributed by atoms with Crippen LogP contribution in [0.1, 0.15) is 15.9 Å². The monoisotopic (exact) mass is 270 g/mol. The average Bonchev–Trinajstić information content (AvgIpc) is 2.42. The van der Waals surface area contributed by atoms with Crippen molar-refractivity contribution in [3.8, 4) is 6.07 Å². The number of nitrogens with one attached hydrogen (secondary N) is 1. The minimum atomic E-state index is -0.672. The number of primary amides is 1. The van der Waals surface area contributed by atoms with Gasteiger partial charge < -0.3 is 16.8 Å². The van der Waals surface area contributed by atoms with Crippen LogP contribution in [-0.2, 0) is 0 Å². The van der Waals surface area contributed by atoms with E-state index in [9.17, 15) is 9.18 Å². The highest BCUT2D eigenvalue weighted by Crippen LogP contribution is 2.28. The van der Waals surface area contributed by atoms with Crippen molar-refractivity contribution in [2.24, 2.45) is 5.73 Å². The van der Waals surface area contributed by atoms with Gasteiger partial charge in [-0.25, -0.2) is 4.39 Å². The molecule has 5 nitrogen and oxygen atoms in total. The molecule has 2 aromatic rings. The van der Waals surface area contributed by atoms with Gasteiger partial charge >= 0.3 is 0 Å². The molecule has 2 rings (SSSR count). The van der Waals surface area contributed by atoms with E-state index >= 15 is 0 Å². The molecular formula is C14H11FN4O. The Morgan fingerprint density at radius 3 is 2.65 bits per heavy atom. The number of benzene rings is 2. The van der Waals surface area contributed by atoms with E-state index in [1.165, 1.54) is 18.2 Å². The average molecular weight is 270 g/mol. The van der Waals surface area contributed by atoms with Crippen molar-refractivity contribution in [1.29, 1.82) is 5.26 Å². The van der Waals surface area contributed by atoms with Crippen LogP contribution in [0.4, 0.5) is 21.5 Å². The molecular weight excluding hydrogens is 259 g/mol. The van der Waals surface area contributed by atoms with Gasteiger partial charge in [-0.3, -0.25) is 4.79 Å². The summed E-state index contributed by atoms with van der Waals surface area (Å²) >= 11 is 0. The van der Waals surface area contributed by atoms with Gasteiger partial charge in [-0.2, -0.15) is 5.26 Å². The van der Waals surface area contributed by atoms with Crippen LogP contribution in [0, 0.1) is 17.1 Å². The number of anilines is 3. The predicted molar refractivity (Wildman–Crippen MR) is 73.8 cm³/mol. The van der Waals surface area contributed by atoms with E-state index in [2.05, 4.69) is 5.32 Å². The normalized spacial score (nSPS) is 9.80. The second-order valence-corrected chi connectivity index (χ2v) is 4.07. The van der Waals surface area contributed by atoms with Crippen LogP contribution in [0.5, 0.6) is 0 Å². The van der Waals surface area contributed by atoms with Crippen LogP contribution in [0.2, 0.25) is 0 Å². The lowest BCUT2D eigenvalue weighted by Crippen LogP contribution is -2.14. The number of nitrogens with two attached hydrogens (primary N) is 2. The van der Waals surface area contributed by atoms with E-state index in [1.54, 1.807) is 12.1 Å². The minimum Gasteiger partial charge on any atom is -0.397 e. The summed E-state index contributed by atoms with van der Waals surface area (Å²) in [5.74, 6) is -1.29.